The predicted octanol–water partition coefficient (Wildman–Crippen LogP) is 4.61. The van der Waals surface area contributed by atoms with Crippen molar-refractivity contribution in [2.45, 2.75) is 19.4 Å². The van der Waals surface area contributed by atoms with E-state index in [1.807, 2.05) is 19.9 Å². The van der Waals surface area contributed by atoms with Gasteiger partial charge in [0.15, 0.2) is 5.78 Å². The molecular formula is C20H17FO3. The van der Waals surface area contributed by atoms with Gasteiger partial charge in [-0.05, 0) is 62.4 Å². The Kier molecular flexibility index (Phi) is 3.97. The molecule has 1 aliphatic rings. The topological polar surface area (TPSA) is 46.5 Å². The third kappa shape index (κ3) is 3.23. The van der Waals surface area contributed by atoms with E-state index in [1.165, 1.54) is 30.4 Å². The molecule has 2 aromatic rings. The molecule has 24 heavy (non-hydrogen) atoms. The summed E-state index contributed by atoms with van der Waals surface area (Å²) >= 11 is 0. The van der Waals surface area contributed by atoms with Gasteiger partial charge in [-0.2, -0.15) is 0 Å². The number of phenolic OH excluding ortho intramolecular Hbond substituents is 1. The number of allylic oxidation sites excluding steroid dienone is 1. The van der Waals surface area contributed by atoms with Gasteiger partial charge >= 0.3 is 0 Å². The zero-order valence-corrected chi connectivity index (χ0v) is 13.4. The van der Waals surface area contributed by atoms with Crippen LogP contribution in [0.1, 0.15) is 35.3 Å². The second-order valence-corrected chi connectivity index (χ2v) is 6.16. The third-order valence-electron chi connectivity index (χ3n) is 3.76. The highest BCUT2D eigenvalue weighted by atomic mass is 19.1. The quantitative estimate of drug-likeness (QED) is 0.662. The Balaban J connectivity index is 1.88. The maximum atomic E-state index is 13.2. The van der Waals surface area contributed by atoms with Crippen molar-refractivity contribution in [3.63, 3.8) is 0 Å². The lowest BCUT2D eigenvalue weighted by Gasteiger charge is -2.28. The largest absolute Gasteiger partial charge is 0.507 e. The molecule has 1 heterocycles. The van der Waals surface area contributed by atoms with E-state index in [-0.39, 0.29) is 17.1 Å². The first-order valence-corrected chi connectivity index (χ1v) is 7.58. The van der Waals surface area contributed by atoms with E-state index in [2.05, 4.69) is 0 Å². The Morgan fingerprint density at radius 3 is 2.79 bits per heavy atom. The lowest BCUT2D eigenvalue weighted by Crippen LogP contribution is -2.27. The highest BCUT2D eigenvalue weighted by molar-refractivity contribution is 6.07. The van der Waals surface area contributed by atoms with E-state index >= 15 is 0 Å². The number of rotatable bonds is 3. The van der Waals surface area contributed by atoms with E-state index in [4.69, 9.17) is 4.74 Å². The molecule has 2 aromatic carbocycles. The molecule has 0 bridgehead atoms. The van der Waals surface area contributed by atoms with Gasteiger partial charge in [-0.1, -0.05) is 12.1 Å². The van der Waals surface area contributed by atoms with Gasteiger partial charge in [-0.3, -0.25) is 4.79 Å². The summed E-state index contributed by atoms with van der Waals surface area (Å²) in [4.78, 5) is 12.1. The standard InChI is InChI=1S/C20H17FO3/c1-20(2)11-10-16-18(24-20)9-7-13(19(16)23)6-8-17(22)14-4-3-5-15(21)12-14/h3-12,23H,1-2H3/b8-6+. The minimum Gasteiger partial charge on any atom is -0.507 e. The van der Waals surface area contributed by atoms with E-state index in [0.717, 1.165) is 0 Å². The summed E-state index contributed by atoms with van der Waals surface area (Å²) in [7, 11) is 0. The average Bonchev–Trinajstić information content (AvgIpc) is 2.53. The van der Waals surface area contributed by atoms with E-state index in [9.17, 15) is 14.3 Å². The minimum absolute atomic E-state index is 0.0440. The van der Waals surface area contributed by atoms with Crippen LogP contribution in [-0.4, -0.2) is 16.5 Å². The van der Waals surface area contributed by atoms with E-state index in [0.29, 0.717) is 16.9 Å². The molecule has 1 aliphatic heterocycles. The number of fused-ring (bicyclic) bond motifs is 1. The van der Waals surface area contributed by atoms with Gasteiger partial charge in [-0.25, -0.2) is 4.39 Å². The van der Waals surface area contributed by atoms with Gasteiger partial charge in [0.25, 0.3) is 0 Å². The smallest absolute Gasteiger partial charge is 0.185 e. The maximum absolute atomic E-state index is 13.2. The number of hydrogen-bond acceptors (Lipinski definition) is 3. The van der Waals surface area contributed by atoms with Crippen LogP contribution in [0.25, 0.3) is 12.2 Å². The van der Waals surface area contributed by atoms with Crippen molar-refractivity contribution in [2.24, 2.45) is 0 Å². The Hall–Kier alpha value is -2.88. The lowest BCUT2D eigenvalue weighted by atomic mass is 9.99. The van der Waals surface area contributed by atoms with Crippen LogP contribution in [0, 0.1) is 5.82 Å². The molecule has 0 aromatic heterocycles. The van der Waals surface area contributed by atoms with Crippen LogP contribution in [-0.2, 0) is 0 Å². The van der Waals surface area contributed by atoms with Crippen molar-refractivity contribution in [3.05, 3.63) is 71.1 Å². The molecule has 0 amide bonds. The SMILES string of the molecule is CC1(C)C=Cc2c(ccc(/C=C/C(=O)c3cccc(F)c3)c2O)O1. The second kappa shape index (κ2) is 5.96. The molecule has 0 radical (unpaired) electrons. The molecule has 1 N–H and O–H groups in total. The molecule has 0 saturated heterocycles. The minimum atomic E-state index is -0.462. The molecule has 0 atom stereocenters. The predicted molar refractivity (Wildman–Crippen MR) is 91.6 cm³/mol. The molecule has 3 nitrogen and oxygen atoms in total. The first-order valence-electron chi connectivity index (χ1n) is 7.58. The molecule has 0 unspecified atom stereocenters. The van der Waals surface area contributed by atoms with Gasteiger partial charge in [-0.15, -0.1) is 0 Å². The Bertz CT molecular complexity index is 863. The maximum Gasteiger partial charge on any atom is 0.185 e. The van der Waals surface area contributed by atoms with E-state index < -0.39 is 11.4 Å². The first-order chi connectivity index (χ1) is 11.4. The number of ether oxygens (including phenoxy) is 1. The molecular weight excluding hydrogens is 307 g/mol. The van der Waals surface area contributed by atoms with Gasteiger partial charge in [0.1, 0.15) is 22.9 Å². The summed E-state index contributed by atoms with van der Waals surface area (Å²) in [5.74, 6) is -0.161. The molecule has 122 valence electrons. The van der Waals surface area contributed by atoms with Crippen LogP contribution in [0.5, 0.6) is 11.5 Å². The van der Waals surface area contributed by atoms with Crippen molar-refractivity contribution >= 4 is 17.9 Å². The van der Waals surface area contributed by atoms with Crippen molar-refractivity contribution in [1.29, 1.82) is 0 Å². The summed E-state index contributed by atoms with van der Waals surface area (Å²) in [5.41, 5.74) is 0.902. The summed E-state index contributed by atoms with van der Waals surface area (Å²) in [5, 5.41) is 10.4. The van der Waals surface area contributed by atoms with Gasteiger partial charge in [0, 0.05) is 11.1 Å². The number of phenols is 1. The fraction of sp³-hybridized carbons (Fsp3) is 0.150. The van der Waals surface area contributed by atoms with Crippen molar-refractivity contribution in [3.8, 4) is 11.5 Å². The highest BCUT2D eigenvalue weighted by Crippen LogP contribution is 2.38. The van der Waals surface area contributed by atoms with Crippen LogP contribution in [0.3, 0.4) is 0 Å². The summed E-state index contributed by atoms with van der Waals surface area (Å²) < 4.78 is 19.0. The van der Waals surface area contributed by atoms with Crippen molar-refractivity contribution in [2.75, 3.05) is 0 Å². The van der Waals surface area contributed by atoms with Crippen LogP contribution in [0.15, 0.2) is 48.6 Å². The molecule has 0 aliphatic carbocycles. The molecule has 3 rings (SSSR count). The van der Waals surface area contributed by atoms with Gasteiger partial charge in [0.2, 0.25) is 0 Å². The first kappa shape index (κ1) is 16.0. The van der Waals surface area contributed by atoms with E-state index in [1.54, 1.807) is 24.3 Å². The van der Waals surface area contributed by atoms with Crippen molar-refractivity contribution < 1.29 is 19.0 Å². The summed E-state index contributed by atoms with van der Waals surface area (Å²) in [6.45, 7) is 3.85. The molecule has 0 saturated carbocycles. The van der Waals surface area contributed by atoms with Crippen LogP contribution >= 0.6 is 0 Å². The molecule has 0 fully saturated rings. The van der Waals surface area contributed by atoms with Crippen molar-refractivity contribution in [1.82, 2.24) is 0 Å². The fourth-order valence-electron chi connectivity index (χ4n) is 2.50. The number of aromatic hydroxyl groups is 1. The average molecular weight is 324 g/mol. The lowest BCUT2D eigenvalue weighted by molar-refractivity contribution is 0.104. The number of hydrogen-bond donors (Lipinski definition) is 1. The van der Waals surface area contributed by atoms with Crippen LogP contribution < -0.4 is 4.74 Å². The zero-order valence-electron chi connectivity index (χ0n) is 13.4. The Morgan fingerprint density at radius 2 is 2.04 bits per heavy atom. The van der Waals surface area contributed by atoms with Crippen LogP contribution in [0.2, 0.25) is 0 Å². The Morgan fingerprint density at radius 1 is 1.25 bits per heavy atom. The zero-order chi connectivity index (χ0) is 17.3. The normalized spacial score (nSPS) is 15.1. The number of carbonyl (C=O) groups is 1. The third-order valence-corrected chi connectivity index (χ3v) is 3.76. The Labute approximate surface area is 139 Å². The second-order valence-electron chi connectivity index (χ2n) is 6.16. The fourth-order valence-corrected chi connectivity index (χ4v) is 2.50. The number of ketones is 1. The number of carbonyl (C=O) groups excluding carboxylic acids is 1. The molecule has 4 heteroatoms. The number of halogens is 1. The summed E-state index contributed by atoms with van der Waals surface area (Å²) in [6, 6.07) is 8.92. The summed E-state index contributed by atoms with van der Waals surface area (Å²) in [6.07, 6.45) is 6.49. The number of benzene rings is 2. The highest BCUT2D eigenvalue weighted by Gasteiger charge is 2.23. The molecule has 0 spiro atoms. The monoisotopic (exact) mass is 324 g/mol. The van der Waals surface area contributed by atoms with Gasteiger partial charge in [0.05, 0.1) is 5.56 Å². The van der Waals surface area contributed by atoms with Crippen LogP contribution in [0.4, 0.5) is 4.39 Å². The van der Waals surface area contributed by atoms with Gasteiger partial charge < -0.3 is 9.84 Å².